The summed E-state index contributed by atoms with van der Waals surface area (Å²) in [5, 5.41) is 14.0. The van der Waals surface area contributed by atoms with Crippen LogP contribution in [0.5, 0.6) is 0 Å². The lowest BCUT2D eigenvalue weighted by Crippen LogP contribution is -2.53. The Morgan fingerprint density at radius 2 is 2.04 bits per heavy atom. The minimum absolute atomic E-state index is 0.00531. The number of hydrogen-bond donors (Lipinski definition) is 1. The Labute approximate surface area is 159 Å². The van der Waals surface area contributed by atoms with Crippen molar-refractivity contribution in [3.05, 3.63) is 34.4 Å². The zero-order chi connectivity index (χ0) is 20.2. The van der Waals surface area contributed by atoms with Crippen LogP contribution in [0.15, 0.2) is 24.3 Å². The van der Waals surface area contributed by atoms with Crippen LogP contribution in [0.1, 0.15) is 26.2 Å². The van der Waals surface area contributed by atoms with Crippen LogP contribution in [0, 0.1) is 10.1 Å². The van der Waals surface area contributed by atoms with Crippen LogP contribution in [0.4, 0.5) is 11.4 Å². The molecule has 0 aromatic heterocycles. The second-order valence-electron chi connectivity index (χ2n) is 6.85. The molecule has 9 nitrogen and oxygen atoms in total. The van der Waals surface area contributed by atoms with Crippen LogP contribution in [0.25, 0.3) is 0 Å². The number of carbonyl (C=O) groups is 1. The Morgan fingerprint density at radius 1 is 1.41 bits per heavy atom. The number of anilines is 1. The predicted octanol–water partition coefficient (Wildman–Crippen LogP) is 1.35. The fourth-order valence-electron chi connectivity index (χ4n) is 3.25. The van der Waals surface area contributed by atoms with Gasteiger partial charge in [0.2, 0.25) is 15.9 Å². The van der Waals surface area contributed by atoms with Gasteiger partial charge in [-0.3, -0.25) is 19.2 Å². The molecule has 1 amide bonds. The van der Waals surface area contributed by atoms with Gasteiger partial charge in [-0.05, 0) is 45.5 Å². The van der Waals surface area contributed by atoms with E-state index < -0.39 is 21.0 Å². The zero-order valence-corrected chi connectivity index (χ0v) is 16.6. The van der Waals surface area contributed by atoms with E-state index in [4.69, 9.17) is 0 Å². The molecule has 1 fully saturated rings. The molecule has 0 unspecified atom stereocenters. The van der Waals surface area contributed by atoms with Gasteiger partial charge >= 0.3 is 0 Å². The number of nitrogens with one attached hydrogen (secondary N) is 1. The van der Waals surface area contributed by atoms with Crippen molar-refractivity contribution >= 4 is 27.3 Å². The number of benzene rings is 1. The number of sulfonamides is 1. The summed E-state index contributed by atoms with van der Waals surface area (Å²) >= 11 is 0. The fourth-order valence-corrected chi connectivity index (χ4v) is 4.46. The molecule has 27 heavy (non-hydrogen) atoms. The van der Waals surface area contributed by atoms with Crippen molar-refractivity contribution in [2.45, 2.75) is 38.3 Å². The van der Waals surface area contributed by atoms with Crippen LogP contribution >= 0.6 is 0 Å². The van der Waals surface area contributed by atoms with Crippen molar-refractivity contribution in [1.29, 1.82) is 0 Å². The first-order valence-corrected chi connectivity index (χ1v) is 10.7. The number of carbonyl (C=O) groups excluding carboxylic acids is 1. The van der Waals surface area contributed by atoms with Gasteiger partial charge in [0, 0.05) is 18.2 Å². The van der Waals surface area contributed by atoms with Gasteiger partial charge in [-0.25, -0.2) is 8.42 Å². The fraction of sp³-hybridized carbons (Fsp3) is 0.588. The highest BCUT2D eigenvalue weighted by molar-refractivity contribution is 7.92. The number of nitro groups is 1. The highest BCUT2D eigenvalue weighted by Gasteiger charge is 2.33. The van der Waals surface area contributed by atoms with Crippen molar-refractivity contribution in [3.8, 4) is 0 Å². The second kappa shape index (κ2) is 8.66. The van der Waals surface area contributed by atoms with E-state index in [1.807, 2.05) is 7.05 Å². The van der Waals surface area contributed by atoms with Crippen molar-refractivity contribution in [2.75, 3.05) is 30.7 Å². The third kappa shape index (κ3) is 5.39. The number of rotatable bonds is 7. The van der Waals surface area contributed by atoms with Crippen molar-refractivity contribution in [2.24, 2.45) is 0 Å². The second-order valence-corrected chi connectivity index (χ2v) is 8.71. The molecule has 0 spiro atoms. The lowest BCUT2D eigenvalue weighted by atomic mass is 10.0. The Balaban J connectivity index is 2.29. The summed E-state index contributed by atoms with van der Waals surface area (Å²) < 4.78 is 25.8. The Morgan fingerprint density at radius 3 is 2.56 bits per heavy atom. The van der Waals surface area contributed by atoms with Gasteiger partial charge in [-0.1, -0.05) is 13.0 Å². The van der Waals surface area contributed by atoms with Crippen LogP contribution in [0.2, 0.25) is 0 Å². The number of non-ortho nitro benzene ring substituents is 1. The maximum absolute atomic E-state index is 12.8. The average Bonchev–Trinajstić information content (AvgIpc) is 2.60. The Kier molecular flexibility index (Phi) is 6.77. The first-order valence-electron chi connectivity index (χ1n) is 8.86. The van der Waals surface area contributed by atoms with E-state index in [1.165, 1.54) is 24.3 Å². The molecule has 0 aliphatic carbocycles. The normalized spacial score (nSPS) is 17.3. The topological polar surface area (TPSA) is 113 Å². The maximum atomic E-state index is 12.8. The van der Waals surface area contributed by atoms with Gasteiger partial charge < -0.3 is 10.2 Å². The van der Waals surface area contributed by atoms with Gasteiger partial charge in [0.25, 0.3) is 5.69 Å². The van der Waals surface area contributed by atoms with Gasteiger partial charge in [0.05, 0.1) is 16.9 Å². The van der Waals surface area contributed by atoms with Crippen LogP contribution in [-0.2, 0) is 14.8 Å². The van der Waals surface area contributed by atoms with Crippen LogP contribution < -0.4 is 9.62 Å². The molecule has 1 heterocycles. The quantitative estimate of drug-likeness (QED) is 0.548. The largest absolute Gasteiger partial charge is 0.351 e. The number of nitrogens with zero attached hydrogens (tertiary/aromatic N) is 3. The molecule has 150 valence electrons. The van der Waals surface area contributed by atoms with E-state index in [2.05, 4.69) is 10.2 Å². The summed E-state index contributed by atoms with van der Waals surface area (Å²) in [6.45, 7) is 3.44. The van der Waals surface area contributed by atoms with E-state index >= 15 is 0 Å². The number of hydrogen-bond acceptors (Lipinski definition) is 6. The molecule has 0 bridgehead atoms. The number of piperidine rings is 1. The molecule has 10 heteroatoms. The van der Waals surface area contributed by atoms with E-state index in [1.54, 1.807) is 6.92 Å². The zero-order valence-electron chi connectivity index (χ0n) is 15.8. The van der Waals surface area contributed by atoms with Gasteiger partial charge in [0.15, 0.2) is 0 Å². The lowest BCUT2D eigenvalue weighted by Gasteiger charge is -2.33. The van der Waals surface area contributed by atoms with E-state index in [0.29, 0.717) is 0 Å². The monoisotopic (exact) mass is 398 g/mol. The maximum Gasteiger partial charge on any atom is 0.271 e. The molecule has 1 aromatic rings. The van der Waals surface area contributed by atoms with E-state index in [9.17, 15) is 23.3 Å². The molecule has 1 aliphatic rings. The highest BCUT2D eigenvalue weighted by Crippen LogP contribution is 2.26. The molecule has 2 rings (SSSR count). The molecule has 1 N–H and O–H groups in total. The molecular weight excluding hydrogens is 372 g/mol. The van der Waals surface area contributed by atoms with Gasteiger partial charge in [0.1, 0.15) is 6.04 Å². The summed E-state index contributed by atoms with van der Waals surface area (Å²) in [7, 11) is -1.81. The number of nitro benzene ring substituents is 1. The third-order valence-electron chi connectivity index (χ3n) is 4.69. The summed E-state index contributed by atoms with van der Waals surface area (Å²) in [5.74, 6) is -0.385. The Bertz CT molecular complexity index is 790. The minimum Gasteiger partial charge on any atom is -0.351 e. The van der Waals surface area contributed by atoms with Crippen LogP contribution in [0.3, 0.4) is 0 Å². The predicted molar refractivity (Wildman–Crippen MR) is 103 cm³/mol. The molecule has 1 aromatic carbocycles. The van der Waals surface area contributed by atoms with Gasteiger partial charge in [-0.2, -0.15) is 0 Å². The Hall–Kier alpha value is -2.20. The van der Waals surface area contributed by atoms with Crippen LogP contribution in [-0.4, -0.2) is 62.6 Å². The molecule has 1 aliphatic heterocycles. The first kappa shape index (κ1) is 21.1. The summed E-state index contributed by atoms with van der Waals surface area (Å²) in [6.07, 6.45) is 2.84. The number of likely N-dealkylation sites (tertiary alicyclic amines) is 1. The molecular formula is C17H26N4O5S. The van der Waals surface area contributed by atoms with E-state index in [-0.39, 0.29) is 29.7 Å². The number of amides is 1. The molecule has 1 atom stereocenters. The lowest BCUT2D eigenvalue weighted by molar-refractivity contribution is -0.384. The first-order chi connectivity index (χ1) is 12.6. The SMILES string of the molecule is CC[C@@H](C(=O)NC1CCN(C)CC1)N(c1cccc([N+](=O)[O-])c1)S(C)(=O)=O. The van der Waals surface area contributed by atoms with E-state index in [0.717, 1.165) is 36.5 Å². The average molecular weight is 398 g/mol. The summed E-state index contributed by atoms with van der Waals surface area (Å²) in [6, 6.07) is 4.35. The van der Waals surface area contributed by atoms with Gasteiger partial charge in [-0.15, -0.1) is 0 Å². The van der Waals surface area contributed by atoms with Crippen molar-refractivity contribution in [1.82, 2.24) is 10.2 Å². The standard InChI is InChI=1S/C17H26N4O5S/c1-4-16(17(22)18-13-8-10-19(2)11-9-13)20(27(3,25)26)14-6-5-7-15(12-14)21(23)24/h5-7,12-13,16H,4,8-11H2,1-3H3,(H,18,22)/t16-/m0/s1. The molecule has 1 saturated heterocycles. The molecule has 0 radical (unpaired) electrons. The summed E-state index contributed by atoms with van der Waals surface area (Å²) in [5.41, 5.74) is -0.121. The smallest absolute Gasteiger partial charge is 0.271 e. The van der Waals surface area contributed by atoms with Crippen molar-refractivity contribution in [3.63, 3.8) is 0 Å². The third-order valence-corrected chi connectivity index (χ3v) is 5.87. The minimum atomic E-state index is -3.82. The van der Waals surface area contributed by atoms with Crippen molar-refractivity contribution < 1.29 is 18.1 Å². The highest BCUT2D eigenvalue weighted by atomic mass is 32.2. The molecule has 0 saturated carbocycles. The summed E-state index contributed by atoms with van der Waals surface area (Å²) in [4.78, 5) is 25.5.